The van der Waals surface area contributed by atoms with E-state index in [4.69, 9.17) is 15.2 Å². The van der Waals surface area contributed by atoms with Gasteiger partial charge in [0.1, 0.15) is 10.7 Å². The zero-order valence-electron chi connectivity index (χ0n) is 12.4. The molecule has 1 unspecified atom stereocenters. The van der Waals surface area contributed by atoms with E-state index in [9.17, 15) is 12.8 Å². The molecule has 0 bridgehead atoms. The van der Waals surface area contributed by atoms with Crippen LogP contribution < -0.4 is 5.73 Å². The van der Waals surface area contributed by atoms with Crippen molar-refractivity contribution in [2.45, 2.75) is 17.9 Å². The van der Waals surface area contributed by atoms with Gasteiger partial charge in [-0.15, -0.1) is 0 Å². The number of rotatable bonds is 8. The Morgan fingerprint density at radius 1 is 1.33 bits per heavy atom. The van der Waals surface area contributed by atoms with E-state index >= 15 is 0 Å². The van der Waals surface area contributed by atoms with E-state index in [1.165, 1.54) is 26.4 Å². The maximum Gasteiger partial charge on any atom is 0.246 e. The van der Waals surface area contributed by atoms with Gasteiger partial charge in [-0.3, -0.25) is 0 Å². The second kappa shape index (κ2) is 7.69. The summed E-state index contributed by atoms with van der Waals surface area (Å²) in [4.78, 5) is -0.407. The number of nitrogens with zero attached hydrogens (tertiary/aromatic N) is 1. The van der Waals surface area contributed by atoms with Gasteiger partial charge in [-0.25, -0.2) is 12.8 Å². The van der Waals surface area contributed by atoms with Crippen molar-refractivity contribution >= 4 is 15.7 Å². The van der Waals surface area contributed by atoms with Crippen LogP contribution >= 0.6 is 0 Å². The normalized spacial score (nSPS) is 13.6. The van der Waals surface area contributed by atoms with Crippen LogP contribution in [0.2, 0.25) is 0 Å². The van der Waals surface area contributed by atoms with E-state index in [1.807, 2.05) is 0 Å². The summed E-state index contributed by atoms with van der Waals surface area (Å²) in [7, 11) is -1.06. The Morgan fingerprint density at radius 2 is 2.00 bits per heavy atom. The maximum atomic E-state index is 13.9. The number of halogens is 1. The van der Waals surface area contributed by atoms with Crippen molar-refractivity contribution < 1.29 is 22.3 Å². The highest BCUT2D eigenvalue weighted by Crippen LogP contribution is 2.23. The summed E-state index contributed by atoms with van der Waals surface area (Å²) in [5.41, 5.74) is 5.61. The van der Waals surface area contributed by atoms with E-state index in [2.05, 4.69) is 0 Å². The molecule has 0 fully saturated rings. The molecule has 8 heteroatoms. The Balaban J connectivity index is 3.19. The van der Waals surface area contributed by atoms with Gasteiger partial charge in [-0.05, 0) is 25.1 Å². The molecule has 1 aromatic carbocycles. The standard InChI is InChI=1S/C13H21FN2O4S/c1-10(9-20-3)16(6-7-19-2)21(17,18)13-5-4-11(15)8-12(13)14/h4-5,8,10H,6-7,9,15H2,1-3H3. The second-order valence-corrected chi connectivity index (χ2v) is 6.46. The molecule has 1 atom stereocenters. The van der Waals surface area contributed by atoms with Gasteiger partial charge in [0.05, 0.1) is 13.2 Å². The van der Waals surface area contributed by atoms with Crippen LogP contribution in [0.5, 0.6) is 0 Å². The van der Waals surface area contributed by atoms with Crippen LogP contribution in [0.4, 0.5) is 10.1 Å². The van der Waals surface area contributed by atoms with E-state index in [1.54, 1.807) is 6.92 Å². The van der Waals surface area contributed by atoms with Crippen LogP contribution in [0.1, 0.15) is 6.92 Å². The summed E-state index contributed by atoms with van der Waals surface area (Å²) < 4.78 is 50.2. The molecular weight excluding hydrogens is 299 g/mol. The highest BCUT2D eigenvalue weighted by molar-refractivity contribution is 7.89. The lowest BCUT2D eigenvalue weighted by Crippen LogP contribution is -2.43. The van der Waals surface area contributed by atoms with Gasteiger partial charge in [0, 0.05) is 32.5 Å². The number of nitrogen functional groups attached to an aromatic ring is 1. The predicted molar refractivity (Wildman–Crippen MR) is 77.9 cm³/mol. The van der Waals surface area contributed by atoms with Crippen molar-refractivity contribution in [2.75, 3.05) is 39.7 Å². The molecule has 0 heterocycles. The fraction of sp³-hybridized carbons (Fsp3) is 0.538. The number of ether oxygens (including phenoxy) is 2. The van der Waals surface area contributed by atoms with Crippen LogP contribution in [0.15, 0.2) is 23.1 Å². The van der Waals surface area contributed by atoms with Crippen LogP contribution in [0.3, 0.4) is 0 Å². The van der Waals surface area contributed by atoms with E-state index < -0.39 is 26.8 Å². The third kappa shape index (κ3) is 4.37. The Morgan fingerprint density at radius 3 is 2.52 bits per heavy atom. The number of methoxy groups -OCH3 is 2. The summed E-state index contributed by atoms with van der Waals surface area (Å²) >= 11 is 0. The topological polar surface area (TPSA) is 81.9 Å². The monoisotopic (exact) mass is 320 g/mol. The minimum atomic E-state index is -4.00. The molecule has 0 aliphatic rings. The second-order valence-electron chi connectivity index (χ2n) is 4.60. The Kier molecular flexibility index (Phi) is 6.53. The average Bonchev–Trinajstić information content (AvgIpc) is 2.38. The molecule has 1 rings (SSSR count). The van der Waals surface area contributed by atoms with Crippen molar-refractivity contribution in [3.8, 4) is 0 Å². The number of hydrogen-bond acceptors (Lipinski definition) is 5. The Labute approximate surface area is 124 Å². The molecule has 0 aromatic heterocycles. The molecule has 0 saturated carbocycles. The fourth-order valence-corrected chi connectivity index (χ4v) is 3.58. The molecule has 0 radical (unpaired) electrons. The lowest BCUT2D eigenvalue weighted by Gasteiger charge is -2.27. The van der Waals surface area contributed by atoms with Crippen LogP contribution in [-0.2, 0) is 19.5 Å². The molecule has 21 heavy (non-hydrogen) atoms. The average molecular weight is 320 g/mol. The SMILES string of the molecule is COCCN(C(C)COC)S(=O)(=O)c1ccc(N)cc1F. The van der Waals surface area contributed by atoms with Crippen molar-refractivity contribution in [3.63, 3.8) is 0 Å². The molecular formula is C13H21FN2O4S. The third-order valence-corrected chi connectivity index (χ3v) is 5.00. The van der Waals surface area contributed by atoms with Gasteiger partial charge in [0.25, 0.3) is 0 Å². The molecule has 0 saturated heterocycles. The first-order valence-corrected chi connectivity index (χ1v) is 7.83. The summed E-state index contributed by atoms with van der Waals surface area (Å²) in [5, 5.41) is 0. The number of hydrogen-bond donors (Lipinski definition) is 1. The van der Waals surface area contributed by atoms with Gasteiger partial charge in [0.2, 0.25) is 10.0 Å². The van der Waals surface area contributed by atoms with Crippen molar-refractivity contribution in [1.29, 1.82) is 0 Å². The minimum Gasteiger partial charge on any atom is -0.399 e. The highest BCUT2D eigenvalue weighted by atomic mass is 32.2. The Bertz CT molecular complexity index is 565. The summed E-state index contributed by atoms with van der Waals surface area (Å²) in [6.45, 7) is 2.18. The minimum absolute atomic E-state index is 0.104. The summed E-state index contributed by atoms with van der Waals surface area (Å²) in [6, 6.07) is 3.06. The van der Waals surface area contributed by atoms with Crippen LogP contribution in [-0.4, -0.2) is 52.7 Å². The van der Waals surface area contributed by atoms with Gasteiger partial charge in [-0.2, -0.15) is 4.31 Å². The molecule has 0 aliphatic heterocycles. The molecule has 1 aromatic rings. The van der Waals surface area contributed by atoms with E-state index in [0.29, 0.717) is 0 Å². The largest absolute Gasteiger partial charge is 0.399 e. The van der Waals surface area contributed by atoms with E-state index in [-0.39, 0.29) is 25.4 Å². The molecule has 6 nitrogen and oxygen atoms in total. The van der Waals surface area contributed by atoms with Crippen LogP contribution in [0.25, 0.3) is 0 Å². The predicted octanol–water partition coefficient (Wildman–Crippen LogP) is 1.08. The maximum absolute atomic E-state index is 13.9. The smallest absolute Gasteiger partial charge is 0.246 e. The summed E-state index contributed by atoms with van der Waals surface area (Å²) in [5.74, 6) is -0.873. The van der Waals surface area contributed by atoms with Crippen LogP contribution in [0, 0.1) is 5.82 Å². The molecule has 0 spiro atoms. The van der Waals surface area contributed by atoms with Crippen molar-refractivity contribution in [2.24, 2.45) is 0 Å². The third-order valence-electron chi connectivity index (χ3n) is 2.96. The first-order chi connectivity index (χ1) is 9.84. The number of benzene rings is 1. The van der Waals surface area contributed by atoms with Gasteiger partial charge in [0.15, 0.2) is 0 Å². The molecule has 2 N–H and O–H groups in total. The lowest BCUT2D eigenvalue weighted by atomic mass is 10.3. The first kappa shape index (κ1) is 17.8. The summed E-state index contributed by atoms with van der Waals surface area (Å²) in [6.07, 6.45) is 0. The molecule has 0 amide bonds. The lowest BCUT2D eigenvalue weighted by molar-refractivity contribution is 0.119. The zero-order chi connectivity index (χ0) is 16.0. The van der Waals surface area contributed by atoms with E-state index in [0.717, 1.165) is 10.4 Å². The first-order valence-electron chi connectivity index (χ1n) is 6.39. The number of anilines is 1. The fourth-order valence-electron chi connectivity index (χ4n) is 1.94. The number of sulfonamides is 1. The van der Waals surface area contributed by atoms with Gasteiger partial charge >= 0.3 is 0 Å². The zero-order valence-corrected chi connectivity index (χ0v) is 13.2. The highest BCUT2D eigenvalue weighted by Gasteiger charge is 2.31. The Hall–Kier alpha value is -1.22. The van der Waals surface area contributed by atoms with Crippen molar-refractivity contribution in [1.82, 2.24) is 4.31 Å². The number of nitrogens with two attached hydrogens (primary N) is 1. The van der Waals surface area contributed by atoms with Gasteiger partial charge < -0.3 is 15.2 Å². The van der Waals surface area contributed by atoms with Crippen molar-refractivity contribution in [3.05, 3.63) is 24.0 Å². The molecule has 0 aliphatic carbocycles. The quantitative estimate of drug-likeness (QED) is 0.725. The molecule has 120 valence electrons. The van der Waals surface area contributed by atoms with Gasteiger partial charge in [-0.1, -0.05) is 0 Å².